The highest BCUT2D eigenvalue weighted by atomic mass is 16.1. The zero-order valence-electron chi connectivity index (χ0n) is 12.1. The number of rotatable bonds is 5. The lowest BCUT2D eigenvalue weighted by Gasteiger charge is -2.09. The fourth-order valence-corrected chi connectivity index (χ4v) is 1.81. The Balaban J connectivity index is 2.12. The number of pyridine rings is 1. The Morgan fingerprint density at radius 1 is 1.35 bits per heavy atom. The van der Waals surface area contributed by atoms with Gasteiger partial charge in [0, 0.05) is 18.3 Å². The molecule has 0 radical (unpaired) electrons. The maximum Gasteiger partial charge on any atom is 0.269 e. The van der Waals surface area contributed by atoms with E-state index in [1.54, 1.807) is 12.3 Å². The Hall–Kier alpha value is -2.17. The summed E-state index contributed by atoms with van der Waals surface area (Å²) < 4.78 is 1.42. The van der Waals surface area contributed by atoms with Crippen LogP contribution in [-0.2, 0) is 6.54 Å². The second-order valence-corrected chi connectivity index (χ2v) is 5.29. The molecule has 0 amide bonds. The highest BCUT2D eigenvalue weighted by Crippen LogP contribution is 2.03. The molecule has 0 saturated carbocycles. The Labute approximate surface area is 118 Å². The number of nitrogens with zero attached hydrogens (tertiary/aromatic N) is 3. The molecule has 1 N–H and O–H groups in total. The second kappa shape index (κ2) is 6.32. The van der Waals surface area contributed by atoms with Gasteiger partial charge in [-0.3, -0.25) is 9.78 Å². The van der Waals surface area contributed by atoms with Crippen molar-refractivity contribution in [2.75, 3.05) is 11.9 Å². The van der Waals surface area contributed by atoms with E-state index in [9.17, 15) is 4.79 Å². The molecule has 0 unspecified atom stereocenters. The Bertz CT molecular complexity index is 634. The van der Waals surface area contributed by atoms with Crippen LogP contribution in [0.4, 0.5) is 5.69 Å². The molecule has 0 aromatic carbocycles. The molecule has 0 saturated heterocycles. The summed E-state index contributed by atoms with van der Waals surface area (Å²) in [6, 6.07) is 7.33. The predicted molar refractivity (Wildman–Crippen MR) is 79.9 cm³/mol. The minimum atomic E-state index is -0.123. The minimum Gasteiger partial charge on any atom is -0.383 e. The van der Waals surface area contributed by atoms with Crippen molar-refractivity contribution in [2.45, 2.75) is 27.3 Å². The van der Waals surface area contributed by atoms with Crippen LogP contribution in [0.15, 0.2) is 35.3 Å². The normalized spacial score (nSPS) is 10.8. The molecule has 20 heavy (non-hydrogen) atoms. The van der Waals surface area contributed by atoms with Crippen molar-refractivity contribution in [3.05, 3.63) is 52.2 Å². The molecule has 0 bridgehead atoms. The summed E-state index contributed by atoms with van der Waals surface area (Å²) in [5.74, 6) is 0.522. The first-order valence-corrected chi connectivity index (χ1v) is 6.78. The molecule has 0 fully saturated rings. The average Bonchev–Trinajstić information content (AvgIpc) is 2.39. The van der Waals surface area contributed by atoms with E-state index in [0.29, 0.717) is 12.5 Å². The van der Waals surface area contributed by atoms with Gasteiger partial charge in [0.2, 0.25) is 0 Å². The summed E-state index contributed by atoms with van der Waals surface area (Å²) >= 11 is 0. The van der Waals surface area contributed by atoms with Crippen molar-refractivity contribution in [3.63, 3.8) is 0 Å². The topological polar surface area (TPSA) is 59.8 Å². The smallest absolute Gasteiger partial charge is 0.269 e. The zero-order chi connectivity index (χ0) is 14.5. The number of aryl methyl sites for hydroxylation is 1. The quantitative estimate of drug-likeness (QED) is 0.905. The van der Waals surface area contributed by atoms with Crippen LogP contribution in [0.1, 0.15) is 25.2 Å². The van der Waals surface area contributed by atoms with Crippen molar-refractivity contribution in [2.24, 2.45) is 5.92 Å². The van der Waals surface area contributed by atoms with Crippen LogP contribution in [0.5, 0.6) is 0 Å². The standard InChI is InChI=1S/C15H20N4O/c1-11(2)8-16-14-7-15(20)19(17-9-14)10-13-6-4-5-12(3)18-13/h4-7,9,11,16H,8,10H2,1-3H3. The molecule has 0 aliphatic rings. The molecule has 5 heteroatoms. The van der Waals surface area contributed by atoms with Crippen molar-refractivity contribution in [1.82, 2.24) is 14.8 Å². The highest BCUT2D eigenvalue weighted by Gasteiger charge is 2.03. The largest absolute Gasteiger partial charge is 0.383 e. The molecule has 106 valence electrons. The molecule has 2 aromatic heterocycles. The average molecular weight is 272 g/mol. The second-order valence-electron chi connectivity index (χ2n) is 5.29. The summed E-state index contributed by atoms with van der Waals surface area (Å²) in [6.07, 6.45) is 1.68. The van der Waals surface area contributed by atoms with E-state index in [2.05, 4.69) is 29.2 Å². The van der Waals surface area contributed by atoms with Gasteiger partial charge >= 0.3 is 0 Å². The molecule has 0 aliphatic carbocycles. The molecule has 2 aromatic rings. The number of anilines is 1. The number of hydrogen-bond acceptors (Lipinski definition) is 4. The van der Waals surface area contributed by atoms with Gasteiger partial charge in [-0.05, 0) is 25.0 Å². The number of aromatic nitrogens is 3. The molecule has 2 heterocycles. The lowest BCUT2D eigenvalue weighted by Crippen LogP contribution is -2.24. The van der Waals surface area contributed by atoms with Crippen molar-refractivity contribution >= 4 is 5.69 Å². The van der Waals surface area contributed by atoms with Gasteiger partial charge in [0.15, 0.2) is 0 Å². The van der Waals surface area contributed by atoms with Crippen LogP contribution < -0.4 is 10.9 Å². The van der Waals surface area contributed by atoms with E-state index in [1.165, 1.54) is 4.68 Å². The molecular formula is C15H20N4O. The van der Waals surface area contributed by atoms with E-state index >= 15 is 0 Å². The van der Waals surface area contributed by atoms with Crippen LogP contribution in [0.25, 0.3) is 0 Å². The third-order valence-corrected chi connectivity index (χ3v) is 2.84. The summed E-state index contributed by atoms with van der Waals surface area (Å²) in [4.78, 5) is 16.4. The first-order chi connectivity index (χ1) is 9.54. The predicted octanol–water partition coefficient (Wildman–Crippen LogP) is 2.06. The molecular weight excluding hydrogens is 252 g/mol. The molecule has 0 atom stereocenters. The van der Waals surface area contributed by atoms with Gasteiger partial charge in [-0.25, -0.2) is 4.68 Å². The molecule has 0 spiro atoms. The van der Waals surface area contributed by atoms with Gasteiger partial charge in [-0.2, -0.15) is 5.10 Å². The van der Waals surface area contributed by atoms with Crippen molar-refractivity contribution in [1.29, 1.82) is 0 Å². The van der Waals surface area contributed by atoms with E-state index < -0.39 is 0 Å². The van der Waals surface area contributed by atoms with Gasteiger partial charge in [0.05, 0.1) is 24.1 Å². The maximum absolute atomic E-state index is 12.0. The maximum atomic E-state index is 12.0. The van der Waals surface area contributed by atoms with Gasteiger partial charge in [-0.15, -0.1) is 0 Å². The molecule has 0 aliphatic heterocycles. The van der Waals surface area contributed by atoms with Gasteiger partial charge < -0.3 is 5.32 Å². The Morgan fingerprint density at radius 2 is 2.15 bits per heavy atom. The van der Waals surface area contributed by atoms with Crippen LogP contribution >= 0.6 is 0 Å². The number of hydrogen-bond donors (Lipinski definition) is 1. The van der Waals surface area contributed by atoms with Crippen LogP contribution in [0.3, 0.4) is 0 Å². The zero-order valence-corrected chi connectivity index (χ0v) is 12.1. The van der Waals surface area contributed by atoms with E-state index in [-0.39, 0.29) is 5.56 Å². The third kappa shape index (κ3) is 3.91. The SMILES string of the molecule is Cc1cccc(Cn2ncc(NCC(C)C)cc2=O)n1. The first-order valence-electron chi connectivity index (χ1n) is 6.78. The van der Waals surface area contributed by atoms with Crippen molar-refractivity contribution < 1.29 is 0 Å². The summed E-state index contributed by atoms with van der Waals surface area (Å²) in [7, 11) is 0. The molecule has 2 rings (SSSR count). The van der Waals surface area contributed by atoms with E-state index in [4.69, 9.17) is 0 Å². The van der Waals surface area contributed by atoms with E-state index in [1.807, 2.05) is 25.1 Å². The van der Waals surface area contributed by atoms with Crippen LogP contribution in [-0.4, -0.2) is 21.3 Å². The number of nitrogens with one attached hydrogen (secondary N) is 1. The van der Waals surface area contributed by atoms with E-state index in [0.717, 1.165) is 23.6 Å². The van der Waals surface area contributed by atoms with Gasteiger partial charge in [-0.1, -0.05) is 19.9 Å². The van der Waals surface area contributed by atoms with Crippen LogP contribution in [0.2, 0.25) is 0 Å². The lowest BCUT2D eigenvalue weighted by atomic mass is 10.2. The monoisotopic (exact) mass is 272 g/mol. The first kappa shape index (κ1) is 14.2. The van der Waals surface area contributed by atoms with Crippen molar-refractivity contribution in [3.8, 4) is 0 Å². The minimum absolute atomic E-state index is 0.123. The third-order valence-electron chi connectivity index (χ3n) is 2.84. The summed E-state index contributed by atoms with van der Waals surface area (Å²) in [5, 5.41) is 7.38. The van der Waals surface area contributed by atoms with Gasteiger partial charge in [0.1, 0.15) is 0 Å². The summed E-state index contributed by atoms with van der Waals surface area (Å²) in [5.41, 5.74) is 2.41. The highest BCUT2D eigenvalue weighted by molar-refractivity contribution is 5.38. The van der Waals surface area contributed by atoms with Crippen LogP contribution in [0, 0.1) is 12.8 Å². The Kier molecular flexibility index (Phi) is 4.50. The summed E-state index contributed by atoms with van der Waals surface area (Å²) in [6.45, 7) is 7.38. The molecule has 5 nitrogen and oxygen atoms in total. The fraction of sp³-hybridized carbons (Fsp3) is 0.400. The fourth-order valence-electron chi connectivity index (χ4n) is 1.81. The lowest BCUT2D eigenvalue weighted by molar-refractivity contribution is 0.625. The van der Waals surface area contributed by atoms with Gasteiger partial charge in [0.25, 0.3) is 5.56 Å². The Morgan fingerprint density at radius 3 is 2.80 bits per heavy atom.